The zero-order chi connectivity index (χ0) is 14.9. The molecule has 2 aromatic carbocycles. The molecule has 0 radical (unpaired) electrons. The molecule has 0 bridgehead atoms. The first-order chi connectivity index (χ1) is 10.0. The highest BCUT2D eigenvalue weighted by Crippen LogP contribution is 2.33. The fourth-order valence-corrected chi connectivity index (χ4v) is 3.68. The topological polar surface area (TPSA) is 56.3 Å². The third kappa shape index (κ3) is 3.29. The van der Waals surface area contributed by atoms with E-state index in [0.717, 1.165) is 22.0 Å². The van der Waals surface area contributed by atoms with Crippen LogP contribution in [-0.2, 0) is 14.3 Å². The Hall–Kier alpha value is -1.76. The molecular weight excluding hydrogens is 306 g/mol. The molecule has 3 aromatic rings. The average Bonchev–Trinajstić information content (AvgIpc) is 2.88. The zero-order valence-corrected chi connectivity index (χ0v) is 12.9. The van der Waals surface area contributed by atoms with Crippen molar-refractivity contribution >= 4 is 31.7 Å². The maximum absolute atomic E-state index is 11.6. The van der Waals surface area contributed by atoms with Crippen molar-refractivity contribution < 1.29 is 12.6 Å². The van der Waals surface area contributed by atoms with Crippen molar-refractivity contribution in [1.29, 1.82) is 0 Å². The molecule has 0 spiro atoms. The summed E-state index contributed by atoms with van der Waals surface area (Å²) in [5.74, 6) is 0. The molecule has 0 saturated heterocycles. The van der Waals surface area contributed by atoms with Gasteiger partial charge in [0.2, 0.25) is 0 Å². The molecule has 1 atom stereocenters. The largest absolute Gasteiger partial charge is 0.265 e. The predicted molar refractivity (Wildman–Crippen MR) is 83.8 cm³/mol. The first-order valence-corrected chi connectivity index (χ1v) is 8.95. The van der Waals surface area contributed by atoms with Crippen LogP contribution in [0.25, 0.3) is 10.2 Å². The van der Waals surface area contributed by atoms with Crippen LogP contribution in [-0.4, -0.2) is 19.7 Å². The first kappa shape index (κ1) is 14.2. The summed E-state index contributed by atoms with van der Waals surface area (Å²) in [6.07, 6.45) is 0.342. The van der Waals surface area contributed by atoms with Gasteiger partial charge in [-0.05, 0) is 17.7 Å². The lowest BCUT2D eigenvalue weighted by molar-refractivity contribution is 0.256. The van der Waals surface area contributed by atoms with Crippen LogP contribution in [0.1, 0.15) is 16.7 Å². The lowest BCUT2D eigenvalue weighted by Crippen LogP contribution is -2.11. The highest BCUT2D eigenvalue weighted by atomic mass is 32.2. The van der Waals surface area contributed by atoms with Crippen molar-refractivity contribution in [1.82, 2.24) is 4.98 Å². The minimum atomic E-state index is -3.59. The molecule has 1 aromatic heterocycles. The molecule has 1 unspecified atom stereocenters. The molecule has 0 aliphatic heterocycles. The fourth-order valence-electron chi connectivity index (χ4n) is 2.04. The third-order valence-electron chi connectivity index (χ3n) is 2.91. The standard InChI is InChI=1S/C15H13NO3S2/c1-21(17,18)19-14(11-7-3-2-4-8-11)15-16-12-9-5-6-10-13(12)20-15/h2-10,14H,1H3. The van der Waals surface area contributed by atoms with Gasteiger partial charge in [0, 0.05) is 0 Å². The summed E-state index contributed by atoms with van der Waals surface area (Å²) in [7, 11) is -3.59. The molecule has 0 fully saturated rings. The van der Waals surface area contributed by atoms with Gasteiger partial charge in [0.1, 0.15) is 5.01 Å². The third-order valence-corrected chi connectivity index (χ3v) is 4.53. The summed E-state index contributed by atoms with van der Waals surface area (Å²) in [5.41, 5.74) is 1.61. The van der Waals surface area contributed by atoms with Gasteiger partial charge in [-0.2, -0.15) is 8.42 Å². The maximum atomic E-state index is 11.6. The number of fused-ring (bicyclic) bond motifs is 1. The van der Waals surface area contributed by atoms with Crippen LogP contribution in [0.4, 0.5) is 0 Å². The second-order valence-electron chi connectivity index (χ2n) is 4.61. The number of thiazole rings is 1. The van der Waals surface area contributed by atoms with E-state index in [4.69, 9.17) is 4.18 Å². The second kappa shape index (κ2) is 5.55. The quantitative estimate of drug-likeness (QED) is 0.692. The number of nitrogens with zero attached hydrogens (tertiary/aromatic N) is 1. The highest BCUT2D eigenvalue weighted by Gasteiger charge is 2.23. The van der Waals surface area contributed by atoms with Crippen LogP contribution in [0.5, 0.6) is 0 Å². The van der Waals surface area contributed by atoms with E-state index in [-0.39, 0.29) is 0 Å². The summed E-state index contributed by atoms with van der Waals surface area (Å²) in [6.45, 7) is 0. The summed E-state index contributed by atoms with van der Waals surface area (Å²) in [4.78, 5) is 4.50. The predicted octanol–water partition coefficient (Wildman–Crippen LogP) is 3.36. The van der Waals surface area contributed by atoms with Gasteiger partial charge in [-0.25, -0.2) is 4.98 Å². The van der Waals surface area contributed by atoms with E-state index in [9.17, 15) is 8.42 Å². The Morgan fingerprint density at radius 1 is 1.05 bits per heavy atom. The maximum Gasteiger partial charge on any atom is 0.265 e. The van der Waals surface area contributed by atoms with E-state index in [1.54, 1.807) is 0 Å². The lowest BCUT2D eigenvalue weighted by Gasteiger charge is -2.13. The molecule has 0 aliphatic rings. The normalized spacial score (nSPS) is 13.4. The lowest BCUT2D eigenvalue weighted by atomic mass is 10.1. The van der Waals surface area contributed by atoms with Crippen LogP contribution in [0.2, 0.25) is 0 Å². The van der Waals surface area contributed by atoms with Crippen LogP contribution >= 0.6 is 11.3 Å². The van der Waals surface area contributed by atoms with Crippen molar-refractivity contribution in [2.45, 2.75) is 6.10 Å². The molecule has 1 heterocycles. The highest BCUT2D eigenvalue weighted by molar-refractivity contribution is 7.86. The summed E-state index contributed by atoms with van der Waals surface area (Å²) in [6, 6.07) is 16.9. The van der Waals surface area contributed by atoms with Gasteiger partial charge in [-0.1, -0.05) is 42.5 Å². The van der Waals surface area contributed by atoms with Crippen LogP contribution in [0, 0.1) is 0 Å². The smallest absolute Gasteiger partial charge is 0.255 e. The molecular formula is C15H13NO3S2. The fraction of sp³-hybridized carbons (Fsp3) is 0.133. The summed E-state index contributed by atoms with van der Waals surface area (Å²) < 4.78 is 29.4. The van der Waals surface area contributed by atoms with Gasteiger partial charge >= 0.3 is 0 Å². The van der Waals surface area contributed by atoms with Gasteiger partial charge in [0.15, 0.2) is 6.10 Å². The molecule has 3 rings (SSSR count). The minimum absolute atomic E-state index is 0.632. The van der Waals surface area contributed by atoms with Crippen molar-refractivity contribution in [2.24, 2.45) is 0 Å². The Bertz CT molecular complexity index is 824. The van der Waals surface area contributed by atoms with E-state index >= 15 is 0 Å². The molecule has 4 nitrogen and oxygen atoms in total. The van der Waals surface area contributed by atoms with Crippen LogP contribution < -0.4 is 0 Å². The van der Waals surface area contributed by atoms with E-state index in [1.807, 2.05) is 54.6 Å². The Morgan fingerprint density at radius 2 is 1.71 bits per heavy atom. The van der Waals surface area contributed by atoms with Gasteiger partial charge in [-0.15, -0.1) is 11.3 Å². The van der Waals surface area contributed by atoms with E-state index in [0.29, 0.717) is 5.01 Å². The van der Waals surface area contributed by atoms with Gasteiger partial charge in [0.25, 0.3) is 10.1 Å². The Kier molecular flexibility index (Phi) is 3.75. The summed E-state index contributed by atoms with van der Waals surface area (Å²) >= 11 is 1.44. The van der Waals surface area contributed by atoms with Gasteiger partial charge < -0.3 is 0 Å². The number of benzene rings is 2. The Morgan fingerprint density at radius 3 is 2.38 bits per heavy atom. The average molecular weight is 319 g/mol. The Labute approximate surface area is 127 Å². The monoisotopic (exact) mass is 319 g/mol. The summed E-state index contributed by atoms with van der Waals surface area (Å²) in [5, 5.41) is 0.632. The van der Waals surface area contributed by atoms with Crippen LogP contribution in [0.3, 0.4) is 0 Å². The number of aromatic nitrogens is 1. The van der Waals surface area contributed by atoms with E-state index in [2.05, 4.69) is 4.98 Å². The molecule has 0 amide bonds. The van der Waals surface area contributed by atoms with Gasteiger partial charge in [0.05, 0.1) is 16.5 Å². The number of rotatable bonds is 4. The second-order valence-corrected chi connectivity index (χ2v) is 7.27. The van der Waals surface area contributed by atoms with Crippen molar-refractivity contribution in [2.75, 3.05) is 6.26 Å². The van der Waals surface area contributed by atoms with Crippen LogP contribution in [0.15, 0.2) is 54.6 Å². The molecule has 21 heavy (non-hydrogen) atoms. The zero-order valence-electron chi connectivity index (χ0n) is 11.3. The number of hydrogen-bond donors (Lipinski definition) is 0. The molecule has 0 N–H and O–H groups in total. The molecule has 6 heteroatoms. The van der Waals surface area contributed by atoms with E-state index < -0.39 is 16.2 Å². The SMILES string of the molecule is CS(=O)(=O)OC(c1ccccc1)c1nc2ccccc2s1. The van der Waals surface area contributed by atoms with Crippen molar-refractivity contribution in [3.63, 3.8) is 0 Å². The van der Waals surface area contributed by atoms with Crippen molar-refractivity contribution in [3.05, 3.63) is 65.2 Å². The van der Waals surface area contributed by atoms with Gasteiger partial charge in [-0.3, -0.25) is 4.18 Å². The number of para-hydroxylation sites is 1. The first-order valence-electron chi connectivity index (χ1n) is 6.31. The molecule has 0 saturated carbocycles. The Balaban J connectivity index is 2.10. The molecule has 0 aliphatic carbocycles. The minimum Gasteiger partial charge on any atom is -0.255 e. The van der Waals surface area contributed by atoms with E-state index in [1.165, 1.54) is 11.3 Å². The van der Waals surface area contributed by atoms with Crippen molar-refractivity contribution in [3.8, 4) is 0 Å². The molecule has 108 valence electrons. The number of hydrogen-bond acceptors (Lipinski definition) is 5.